The highest BCUT2D eigenvalue weighted by Crippen LogP contribution is 2.30. The molecule has 0 aliphatic carbocycles. The third-order valence-electron chi connectivity index (χ3n) is 5.91. The Morgan fingerprint density at radius 3 is 2.72 bits per heavy atom. The van der Waals surface area contributed by atoms with Gasteiger partial charge in [-0.05, 0) is 34.9 Å². The average Bonchev–Trinajstić information content (AvgIpc) is 3.58. The molecule has 1 aromatic carbocycles. The fraction of sp³-hybridized carbons (Fsp3) is 0.261. The van der Waals surface area contributed by atoms with Gasteiger partial charge in [-0.2, -0.15) is 15.3 Å². The van der Waals surface area contributed by atoms with Crippen molar-refractivity contribution in [2.24, 2.45) is 5.10 Å². The van der Waals surface area contributed by atoms with Crippen molar-refractivity contribution in [2.75, 3.05) is 31.1 Å². The molecule has 1 atom stereocenters. The number of hydrogen-bond donors (Lipinski definition) is 0. The van der Waals surface area contributed by atoms with Gasteiger partial charge in [0.15, 0.2) is 5.82 Å². The molecule has 0 saturated carbocycles. The number of benzene rings is 1. The number of carbonyl (C=O) groups excluding carboxylic acids is 1. The van der Waals surface area contributed by atoms with E-state index in [1.165, 1.54) is 28.0 Å². The highest BCUT2D eigenvalue weighted by molar-refractivity contribution is 5.78. The number of piperazine rings is 1. The van der Waals surface area contributed by atoms with Crippen molar-refractivity contribution >= 4 is 24.0 Å². The number of anilines is 1. The van der Waals surface area contributed by atoms with Crippen molar-refractivity contribution in [3.8, 4) is 11.9 Å². The Labute approximate surface area is 204 Å². The lowest BCUT2D eigenvalue weighted by Crippen LogP contribution is -2.52. The molecule has 2 aromatic heterocycles. The molecular formula is C23H18F2N10O. The van der Waals surface area contributed by atoms with Gasteiger partial charge in [0.25, 0.3) is 5.82 Å². The zero-order valence-corrected chi connectivity index (χ0v) is 18.8. The van der Waals surface area contributed by atoms with E-state index in [1.807, 2.05) is 11.0 Å². The van der Waals surface area contributed by atoms with Gasteiger partial charge in [-0.3, -0.25) is 0 Å². The third-order valence-corrected chi connectivity index (χ3v) is 5.91. The Kier molecular flexibility index (Phi) is 5.96. The molecule has 0 unspecified atom stereocenters. The first-order valence-electron chi connectivity index (χ1n) is 11.0. The molecule has 5 rings (SSSR count). The maximum Gasteiger partial charge on any atom is 0.341 e. The smallest absolute Gasteiger partial charge is 0.341 e. The Hall–Kier alpha value is -4.91. The predicted octanol–water partition coefficient (Wildman–Crippen LogP) is 3.04. The van der Waals surface area contributed by atoms with Crippen LogP contribution in [-0.2, 0) is 0 Å². The zero-order valence-electron chi connectivity index (χ0n) is 18.8. The number of aromatic nitrogens is 4. The van der Waals surface area contributed by atoms with E-state index in [0.29, 0.717) is 38.2 Å². The maximum atomic E-state index is 14.3. The number of carbonyl (C=O) groups is 1. The minimum Gasteiger partial charge on any atom is -0.359 e. The van der Waals surface area contributed by atoms with Gasteiger partial charge in [-0.15, -0.1) is 4.68 Å². The van der Waals surface area contributed by atoms with Crippen LogP contribution >= 0.6 is 0 Å². The zero-order chi connectivity index (χ0) is 25.2. The van der Waals surface area contributed by atoms with E-state index in [-0.39, 0.29) is 29.2 Å². The topological polar surface area (TPSA) is 111 Å². The number of halogens is 2. The Morgan fingerprint density at radius 1 is 1.19 bits per heavy atom. The summed E-state index contributed by atoms with van der Waals surface area (Å²) in [6.45, 7) is 8.48. The molecule has 180 valence electrons. The largest absolute Gasteiger partial charge is 0.359 e. The summed E-state index contributed by atoms with van der Waals surface area (Å²) >= 11 is 0. The molecule has 36 heavy (non-hydrogen) atoms. The predicted molar refractivity (Wildman–Crippen MR) is 123 cm³/mol. The first kappa shape index (κ1) is 22.9. The maximum absolute atomic E-state index is 14.3. The van der Waals surface area contributed by atoms with Crippen LogP contribution in [0.3, 0.4) is 0 Å². The van der Waals surface area contributed by atoms with Crippen LogP contribution in [0.15, 0.2) is 41.8 Å². The summed E-state index contributed by atoms with van der Waals surface area (Å²) in [5.74, 6) is -0.904. The fourth-order valence-electron chi connectivity index (χ4n) is 4.14. The summed E-state index contributed by atoms with van der Waals surface area (Å²) in [5.41, 5.74) is 0.681. The van der Waals surface area contributed by atoms with Gasteiger partial charge in [0.05, 0.1) is 23.9 Å². The molecule has 0 spiro atoms. The van der Waals surface area contributed by atoms with E-state index in [9.17, 15) is 13.6 Å². The summed E-state index contributed by atoms with van der Waals surface area (Å²) in [6, 6.07) is 6.56. The van der Waals surface area contributed by atoms with E-state index in [2.05, 4.69) is 25.0 Å². The molecule has 4 heterocycles. The van der Waals surface area contributed by atoms with Crippen LogP contribution in [-0.4, -0.2) is 68.1 Å². The van der Waals surface area contributed by atoms with Crippen molar-refractivity contribution < 1.29 is 13.6 Å². The third kappa shape index (κ3) is 4.30. The normalized spacial score (nSPS) is 17.2. The summed E-state index contributed by atoms with van der Waals surface area (Å²) in [7, 11) is 0. The average molecular weight is 488 g/mol. The lowest BCUT2D eigenvalue weighted by Gasteiger charge is -2.37. The molecule has 0 bridgehead atoms. The van der Waals surface area contributed by atoms with Crippen molar-refractivity contribution in [3.05, 3.63) is 70.8 Å². The minimum absolute atomic E-state index is 0.0746. The number of nitrogens with zero attached hydrogens (tertiary/aromatic N) is 10. The SMILES string of the molecule is [C-]#[N+]c1ccn(-c2nc(N3CCN(C(=O)N4N=CC[C@H]4c4cc(F)cc(C#N)c4)CC3)ncc2F)n1. The van der Waals surface area contributed by atoms with Gasteiger partial charge < -0.3 is 14.6 Å². The Balaban J connectivity index is 1.28. The second-order valence-electron chi connectivity index (χ2n) is 8.11. The second-order valence-corrected chi connectivity index (χ2v) is 8.11. The number of rotatable bonds is 3. The molecule has 11 nitrogen and oxygen atoms in total. The first-order chi connectivity index (χ1) is 17.5. The highest BCUT2D eigenvalue weighted by atomic mass is 19.1. The molecular weight excluding hydrogens is 470 g/mol. The number of nitriles is 1. The molecule has 2 amide bonds. The molecule has 2 aliphatic heterocycles. The molecule has 0 radical (unpaired) electrons. The van der Waals surface area contributed by atoms with Gasteiger partial charge in [0.2, 0.25) is 11.8 Å². The first-order valence-corrected chi connectivity index (χ1v) is 11.0. The molecule has 13 heteroatoms. The summed E-state index contributed by atoms with van der Waals surface area (Å²) in [5, 5.41) is 18.6. The lowest BCUT2D eigenvalue weighted by molar-refractivity contribution is 0.139. The van der Waals surface area contributed by atoms with Crippen LogP contribution in [0.5, 0.6) is 0 Å². The standard InChI is InChI=1S/C23H18F2N10O/c1-27-20-3-5-34(31-20)21-18(25)14-28-22(30-21)32-6-8-33(9-7-32)23(36)35-19(2-4-29-35)16-10-15(13-26)11-17(24)12-16/h3-5,10-12,14,19H,2,6-9H2/t19-/m0/s1. The van der Waals surface area contributed by atoms with E-state index in [0.717, 1.165) is 12.3 Å². The van der Waals surface area contributed by atoms with Crippen molar-refractivity contribution in [1.82, 2.24) is 29.7 Å². The highest BCUT2D eigenvalue weighted by Gasteiger charge is 2.34. The van der Waals surface area contributed by atoms with E-state index < -0.39 is 17.7 Å². The number of hydrazone groups is 1. The Bertz CT molecular complexity index is 1430. The number of amides is 2. The van der Waals surface area contributed by atoms with Gasteiger partial charge >= 0.3 is 6.03 Å². The summed E-state index contributed by atoms with van der Waals surface area (Å²) in [4.78, 5) is 28.2. The van der Waals surface area contributed by atoms with Gasteiger partial charge in [-0.25, -0.2) is 23.6 Å². The van der Waals surface area contributed by atoms with Crippen LogP contribution in [0.4, 0.5) is 25.3 Å². The van der Waals surface area contributed by atoms with Crippen LogP contribution in [0.2, 0.25) is 0 Å². The van der Waals surface area contributed by atoms with Gasteiger partial charge in [0, 0.05) is 45.0 Å². The van der Waals surface area contributed by atoms with E-state index >= 15 is 0 Å². The summed E-state index contributed by atoms with van der Waals surface area (Å²) < 4.78 is 29.5. The van der Waals surface area contributed by atoms with E-state index in [4.69, 9.17) is 11.8 Å². The minimum atomic E-state index is -0.679. The monoisotopic (exact) mass is 488 g/mol. The van der Waals surface area contributed by atoms with E-state index in [1.54, 1.807) is 17.2 Å². The molecule has 1 fully saturated rings. The Morgan fingerprint density at radius 2 is 2.00 bits per heavy atom. The molecule has 1 saturated heterocycles. The van der Waals surface area contributed by atoms with Crippen LogP contribution in [0, 0.1) is 29.5 Å². The lowest BCUT2D eigenvalue weighted by atomic mass is 10.0. The fourth-order valence-corrected chi connectivity index (χ4v) is 4.14. The number of urea groups is 1. The second kappa shape index (κ2) is 9.38. The summed E-state index contributed by atoms with van der Waals surface area (Å²) in [6.07, 6.45) is 4.50. The van der Waals surface area contributed by atoms with Gasteiger partial charge in [0.1, 0.15) is 5.82 Å². The quantitative estimate of drug-likeness (QED) is 0.524. The molecule has 2 aliphatic rings. The van der Waals surface area contributed by atoms with Crippen molar-refractivity contribution in [2.45, 2.75) is 12.5 Å². The van der Waals surface area contributed by atoms with Crippen molar-refractivity contribution in [3.63, 3.8) is 0 Å². The van der Waals surface area contributed by atoms with Gasteiger partial charge in [-0.1, -0.05) is 6.57 Å². The van der Waals surface area contributed by atoms with Crippen LogP contribution < -0.4 is 4.90 Å². The van der Waals surface area contributed by atoms with Crippen LogP contribution in [0.25, 0.3) is 10.7 Å². The molecule has 0 N–H and O–H groups in total. The number of hydrogen-bond acceptors (Lipinski definition) is 7. The molecule has 3 aromatic rings. The van der Waals surface area contributed by atoms with Crippen molar-refractivity contribution in [1.29, 1.82) is 5.26 Å². The van der Waals surface area contributed by atoms with Crippen LogP contribution in [0.1, 0.15) is 23.6 Å².